The second kappa shape index (κ2) is 8.54. The molecule has 2 saturated heterocycles. The van der Waals surface area contributed by atoms with Gasteiger partial charge in [0, 0.05) is 31.6 Å². The number of carbonyl (C=O) groups excluding carboxylic acids is 1. The number of likely N-dealkylation sites (tertiary alicyclic amines) is 2. The molecular weight excluding hydrogens is 348 g/mol. The number of rotatable bonds is 6. The smallest absolute Gasteiger partial charge is 0.225 e. The van der Waals surface area contributed by atoms with Gasteiger partial charge in [-0.1, -0.05) is 38.1 Å². The van der Waals surface area contributed by atoms with Gasteiger partial charge in [-0.25, -0.2) is 0 Å². The van der Waals surface area contributed by atoms with Gasteiger partial charge >= 0.3 is 0 Å². The molecule has 4 atom stereocenters. The van der Waals surface area contributed by atoms with Crippen molar-refractivity contribution < 1.29 is 9.90 Å². The van der Waals surface area contributed by atoms with Crippen molar-refractivity contribution in [3.05, 3.63) is 35.4 Å². The number of benzene rings is 1. The maximum absolute atomic E-state index is 12.4. The molecule has 2 heterocycles. The van der Waals surface area contributed by atoms with E-state index in [1.165, 1.54) is 30.4 Å². The zero-order valence-electron chi connectivity index (χ0n) is 17.5. The molecule has 4 heteroatoms. The predicted octanol–water partition coefficient (Wildman–Crippen LogP) is 3.29. The van der Waals surface area contributed by atoms with E-state index in [0.717, 1.165) is 39.0 Å². The van der Waals surface area contributed by atoms with Crippen molar-refractivity contribution >= 4 is 5.91 Å². The summed E-state index contributed by atoms with van der Waals surface area (Å²) in [4.78, 5) is 17.0. The van der Waals surface area contributed by atoms with Gasteiger partial charge in [-0.15, -0.1) is 0 Å². The molecule has 1 aliphatic carbocycles. The zero-order valence-corrected chi connectivity index (χ0v) is 17.5. The van der Waals surface area contributed by atoms with Crippen molar-refractivity contribution in [1.82, 2.24) is 9.80 Å². The summed E-state index contributed by atoms with van der Waals surface area (Å²) in [6, 6.07) is 9.65. The van der Waals surface area contributed by atoms with Crippen LogP contribution in [0.25, 0.3) is 0 Å². The highest BCUT2D eigenvalue weighted by Crippen LogP contribution is 2.47. The quantitative estimate of drug-likeness (QED) is 0.818. The lowest BCUT2D eigenvalue weighted by atomic mass is 9.86. The summed E-state index contributed by atoms with van der Waals surface area (Å²) in [5.74, 6) is 2.38. The molecule has 3 fully saturated rings. The molecule has 4 rings (SSSR count). The van der Waals surface area contributed by atoms with Crippen LogP contribution in [0.3, 0.4) is 0 Å². The summed E-state index contributed by atoms with van der Waals surface area (Å²) in [6.45, 7) is 8.41. The lowest BCUT2D eigenvalue weighted by Gasteiger charge is -2.23. The minimum absolute atomic E-state index is 0.109. The van der Waals surface area contributed by atoms with Gasteiger partial charge in [-0.3, -0.25) is 9.69 Å². The number of hydrogen-bond donors (Lipinski definition) is 1. The molecule has 1 amide bonds. The molecule has 0 radical (unpaired) electrons. The highest BCUT2D eigenvalue weighted by atomic mass is 16.3. The Morgan fingerprint density at radius 1 is 1.14 bits per heavy atom. The van der Waals surface area contributed by atoms with Gasteiger partial charge in [0.15, 0.2) is 0 Å². The van der Waals surface area contributed by atoms with Crippen LogP contribution in [0.4, 0.5) is 0 Å². The van der Waals surface area contributed by atoms with E-state index in [4.69, 9.17) is 0 Å². The molecule has 3 unspecified atom stereocenters. The maximum atomic E-state index is 12.4. The van der Waals surface area contributed by atoms with Crippen LogP contribution in [-0.4, -0.2) is 59.6 Å². The Bertz CT molecular complexity index is 672. The Balaban J connectivity index is 1.34. The van der Waals surface area contributed by atoms with Gasteiger partial charge in [0.1, 0.15) is 0 Å². The normalized spacial score (nSPS) is 30.4. The van der Waals surface area contributed by atoms with Crippen molar-refractivity contribution in [3.8, 4) is 0 Å². The molecule has 0 aromatic heterocycles. The van der Waals surface area contributed by atoms with E-state index in [1.54, 1.807) is 0 Å². The Morgan fingerprint density at radius 3 is 2.64 bits per heavy atom. The van der Waals surface area contributed by atoms with Crippen LogP contribution in [0.15, 0.2) is 24.3 Å². The van der Waals surface area contributed by atoms with E-state index in [1.807, 2.05) is 13.8 Å². The summed E-state index contributed by atoms with van der Waals surface area (Å²) in [6.07, 6.45) is 5.94. The van der Waals surface area contributed by atoms with Crippen molar-refractivity contribution in [1.29, 1.82) is 0 Å². The molecule has 1 saturated carbocycles. The number of carbonyl (C=O) groups is 1. The second-order valence-corrected chi connectivity index (χ2v) is 9.51. The third-order valence-corrected chi connectivity index (χ3v) is 7.47. The van der Waals surface area contributed by atoms with E-state index in [2.05, 4.69) is 34.1 Å². The predicted molar refractivity (Wildman–Crippen MR) is 112 cm³/mol. The number of nitrogens with zero attached hydrogens (tertiary/aromatic N) is 2. The van der Waals surface area contributed by atoms with Gasteiger partial charge in [0.05, 0.1) is 6.61 Å². The Labute approximate surface area is 169 Å². The first-order valence-electron chi connectivity index (χ1n) is 11.3. The number of aliphatic hydroxyl groups excluding tert-OH is 1. The first kappa shape index (κ1) is 19.9. The van der Waals surface area contributed by atoms with Gasteiger partial charge in [0.2, 0.25) is 5.91 Å². The van der Waals surface area contributed by atoms with Crippen molar-refractivity contribution in [2.24, 2.45) is 17.8 Å². The molecule has 1 aromatic carbocycles. The zero-order chi connectivity index (χ0) is 19.7. The van der Waals surface area contributed by atoms with E-state index in [-0.39, 0.29) is 5.92 Å². The van der Waals surface area contributed by atoms with Crippen LogP contribution in [-0.2, 0) is 11.2 Å². The fraction of sp³-hybridized carbons (Fsp3) is 0.708. The average Bonchev–Trinajstić information content (AvgIpc) is 3.41. The Kier molecular flexibility index (Phi) is 6.07. The summed E-state index contributed by atoms with van der Waals surface area (Å²) >= 11 is 0. The molecule has 0 bridgehead atoms. The van der Waals surface area contributed by atoms with Crippen molar-refractivity contribution in [2.75, 3.05) is 32.8 Å². The Morgan fingerprint density at radius 2 is 1.93 bits per heavy atom. The van der Waals surface area contributed by atoms with Crippen LogP contribution in [0, 0.1) is 17.8 Å². The molecule has 0 spiro atoms. The molecular formula is C24H36N2O2. The van der Waals surface area contributed by atoms with Crippen LogP contribution >= 0.6 is 0 Å². The second-order valence-electron chi connectivity index (χ2n) is 9.51. The summed E-state index contributed by atoms with van der Waals surface area (Å²) in [5.41, 5.74) is 2.86. The molecule has 4 nitrogen and oxygen atoms in total. The lowest BCUT2D eigenvalue weighted by molar-refractivity contribution is -0.133. The highest BCUT2D eigenvalue weighted by Gasteiger charge is 2.44. The van der Waals surface area contributed by atoms with Crippen LogP contribution in [0.2, 0.25) is 0 Å². The van der Waals surface area contributed by atoms with Crippen LogP contribution in [0.1, 0.15) is 56.6 Å². The number of fused-ring (bicyclic) bond motifs is 1. The fourth-order valence-electron chi connectivity index (χ4n) is 5.82. The third-order valence-electron chi connectivity index (χ3n) is 7.47. The molecule has 1 aromatic rings. The Hall–Kier alpha value is -1.39. The van der Waals surface area contributed by atoms with E-state index >= 15 is 0 Å². The largest absolute Gasteiger partial charge is 0.395 e. The number of amides is 1. The highest BCUT2D eigenvalue weighted by molar-refractivity contribution is 5.78. The number of hydrogen-bond acceptors (Lipinski definition) is 3. The summed E-state index contributed by atoms with van der Waals surface area (Å²) < 4.78 is 0. The van der Waals surface area contributed by atoms with Crippen LogP contribution < -0.4 is 0 Å². The molecule has 2 aliphatic heterocycles. The minimum Gasteiger partial charge on any atom is -0.395 e. The van der Waals surface area contributed by atoms with Gasteiger partial charge in [-0.2, -0.15) is 0 Å². The fourth-order valence-corrected chi connectivity index (χ4v) is 5.82. The summed E-state index contributed by atoms with van der Waals surface area (Å²) in [5, 5.41) is 9.48. The van der Waals surface area contributed by atoms with Crippen molar-refractivity contribution in [2.45, 2.75) is 57.9 Å². The molecule has 3 aliphatic rings. The standard InChI is InChI=1S/C24H36N2O2/c1-17(2)24(28)26-14-20-9-10-22(23(20)15-26)19-7-5-18(6-8-19)11-13-25-12-3-4-21(25)16-27/h5-8,17,20-23,27H,3-4,9-16H2,1-2H3/t20?,21-,22?,23?/m0/s1. The monoisotopic (exact) mass is 384 g/mol. The number of aliphatic hydroxyl groups is 1. The molecule has 1 N–H and O–H groups in total. The van der Waals surface area contributed by atoms with Gasteiger partial charge in [-0.05, 0) is 67.5 Å². The molecule has 28 heavy (non-hydrogen) atoms. The van der Waals surface area contributed by atoms with Gasteiger partial charge < -0.3 is 10.0 Å². The summed E-state index contributed by atoms with van der Waals surface area (Å²) in [7, 11) is 0. The van der Waals surface area contributed by atoms with E-state index in [9.17, 15) is 9.90 Å². The van der Waals surface area contributed by atoms with Gasteiger partial charge in [0.25, 0.3) is 0 Å². The maximum Gasteiger partial charge on any atom is 0.225 e. The van der Waals surface area contributed by atoms with E-state index < -0.39 is 0 Å². The topological polar surface area (TPSA) is 43.8 Å². The SMILES string of the molecule is CC(C)C(=O)N1CC2CCC(c3ccc(CCN4CCC[C@H]4CO)cc3)C2C1. The average molecular weight is 385 g/mol. The van der Waals surface area contributed by atoms with Crippen LogP contribution in [0.5, 0.6) is 0 Å². The first-order valence-corrected chi connectivity index (χ1v) is 11.3. The van der Waals surface area contributed by atoms with Crippen molar-refractivity contribution in [3.63, 3.8) is 0 Å². The minimum atomic E-state index is 0.109. The molecule has 154 valence electrons. The first-order chi connectivity index (χ1) is 13.6. The third kappa shape index (κ3) is 3.99. The van der Waals surface area contributed by atoms with E-state index in [0.29, 0.717) is 36.3 Å². The lowest BCUT2D eigenvalue weighted by Crippen LogP contribution is -2.33.